The van der Waals surface area contributed by atoms with Gasteiger partial charge in [0.2, 0.25) is 11.4 Å². The highest BCUT2D eigenvalue weighted by molar-refractivity contribution is 7.99. The van der Waals surface area contributed by atoms with Crippen LogP contribution in [0.25, 0.3) is 0 Å². The number of nitrogens with two attached hydrogens (primary N) is 1. The number of nitrogens with one attached hydrogen (secondary N) is 2. The van der Waals surface area contributed by atoms with Crippen LogP contribution in [0.5, 0.6) is 0 Å². The number of hydrogen-bond acceptors (Lipinski definition) is 8. The fourth-order valence-electron chi connectivity index (χ4n) is 3.58. The van der Waals surface area contributed by atoms with Gasteiger partial charge in [-0.3, -0.25) is 0 Å². The van der Waals surface area contributed by atoms with Gasteiger partial charge in [0.1, 0.15) is 0 Å². The lowest BCUT2D eigenvalue weighted by Crippen LogP contribution is -2.28. The molecule has 1 aliphatic heterocycles. The second-order valence-electron chi connectivity index (χ2n) is 8.65. The topological polar surface area (TPSA) is 116 Å². The van der Waals surface area contributed by atoms with Gasteiger partial charge < -0.3 is 15.8 Å². The van der Waals surface area contributed by atoms with Crippen LogP contribution in [0.4, 0.5) is 10.1 Å². The summed E-state index contributed by atoms with van der Waals surface area (Å²) in [5, 5.41) is 12.2. The van der Waals surface area contributed by atoms with E-state index >= 15 is 0 Å². The molecule has 0 spiro atoms. The van der Waals surface area contributed by atoms with Gasteiger partial charge in [-0.05, 0) is 55.5 Å². The number of benzene rings is 2. The predicted molar refractivity (Wildman–Crippen MR) is 144 cm³/mol. The van der Waals surface area contributed by atoms with Gasteiger partial charge in [0, 0.05) is 39.8 Å². The Kier molecular flexibility index (Phi) is 9.63. The molecule has 0 amide bonds. The Morgan fingerprint density at radius 1 is 1.33 bits per heavy atom. The summed E-state index contributed by atoms with van der Waals surface area (Å²) in [4.78, 5) is 22.1. The molecule has 3 rings (SSSR count). The van der Waals surface area contributed by atoms with Crippen LogP contribution >= 0.6 is 11.8 Å². The first-order chi connectivity index (χ1) is 17.2. The van der Waals surface area contributed by atoms with Gasteiger partial charge in [-0.15, -0.1) is 11.8 Å². The monoisotopic (exact) mass is 511 g/mol. The Labute approximate surface area is 215 Å². The highest BCUT2D eigenvalue weighted by Gasteiger charge is 2.29. The number of thioether (sulfide) groups is 1. The zero-order valence-electron chi connectivity index (χ0n) is 20.8. The van der Waals surface area contributed by atoms with Crippen LogP contribution in [0.3, 0.4) is 0 Å². The van der Waals surface area contributed by atoms with Crippen LogP contribution in [-0.4, -0.2) is 47.5 Å². The molecule has 0 bridgehead atoms. The maximum atomic E-state index is 14.9. The summed E-state index contributed by atoms with van der Waals surface area (Å²) in [5.41, 5.74) is 7.41. The third kappa shape index (κ3) is 7.16. The van der Waals surface area contributed by atoms with Gasteiger partial charge in [-0.1, -0.05) is 42.4 Å². The molecular formula is C26H32FN6O2S+. The summed E-state index contributed by atoms with van der Waals surface area (Å²) in [6.07, 6.45) is 0.904. The van der Waals surface area contributed by atoms with E-state index in [2.05, 4.69) is 35.9 Å². The second kappa shape index (κ2) is 12.7. The Balaban J connectivity index is 1.79. The number of rotatable bonds is 10. The van der Waals surface area contributed by atoms with Crippen molar-refractivity contribution in [2.45, 2.75) is 49.9 Å². The minimum Gasteiger partial charge on any atom is -0.382 e. The zero-order chi connectivity index (χ0) is 26.2. The molecule has 1 unspecified atom stereocenters. The van der Waals surface area contributed by atoms with E-state index in [4.69, 9.17) is 15.9 Å². The van der Waals surface area contributed by atoms with Crippen LogP contribution in [0, 0.1) is 16.1 Å². The molecule has 0 aliphatic carbocycles. The molecule has 4 N–H and O–H groups in total. The van der Waals surface area contributed by atoms with Gasteiger partial charge in [-0.2, -0.15) is 0 Å². The molecule has 1 saturated heterocycles. The van der Waals surface area contributed by atoms with E-state index in [-0.39, 0.29) is 28.0 Å². The summed E-state index contributed by atoms with van der Waals surface area (Å²) >= 11 is 1.74. The van der Waals surface area contributed by atoms with E-state index in [1.807, 2.05) is 24.3 Å². The molecule has 10 heteroatoms. The van der Waals surface area contributed by atoms with Gasteiger partial charge in [-0.25, -0.2) is 14.4 Å². The minimum absolute atomic E-state index is 0.157. The SMILES string of the molecule is C=NC(N)=C(N=C(C)c1ccc(SC(C)C)cc1)C(=N)[N+](=O)c1ccc(CNC2CCOC2)cc1F. The normalized spacial score (nSPS) is 16.7. The van der Waals surface area contributed by atoms with Gasteiger partial charge >= 0.3 is 5.84 Å². The van der Waals surface area contributed by atoms with E-state index in [1.165, 1.54) is 12.1 Å². The maximum Gasteiger partial charge on any atom is 0.389 e. The number of halogens is 1. The smallest absolute Gasteiger partial charge is 0.382 e. The van der Waals surface area contributed by atoms with Crippen molar-refractivity contribution in [3.63, 3.8) is 0 Å². The molecule has 1 atom stereocenters. The molecule has 0 saturated carbocycles. The Morgan fingerprint density at radius 3 is 2.64 bits per heavy atom. The van der Waals surface area contributed by atoms with E-state index in [1.54, 1.807) is 24.8 Å². The van der Waals surface area contributed by atoms with E-state index in [0.717, 1.165) is 16.9 Å². The van der Waals surface area contributed by atoms with Crippen molar-refractivity contribution in [2.75, 3.05) is 13.2 Å². The zero-order valence-corrected chi connectivity index (χ0v) is 21.6. The number of aliphatic imine (C=N–C) groups is 2. The molecule has 8 nitrogen and oxygen atoms in total. The second-order valence-corrected chi connectivity index (χ2v) is 10.3. The largest absolute Gasteiger partial charge is 0.389 e. The summed E-state index contributed by atoms with van der Waals surface area (Å²) in [6.45, 7) is 11.1. The highest BCUT2D eigenvalue weighted by Crippen LogP contribution is 2.24. The third-order valence-corrected chi connectivity index (χ3v) is 6.53. The van der Waals surface area contributed by atoms with E-state index in [0.29, 0.717) is 36.3 Å². The lowest BCUT2D eigenvalue weighted by Gasteiger charge is -2.11. The van der Waals surface area contributed by atoms with Crippen LogP contribution in [0.1, 0.15) is 38.3 Å². The van der Waals surface area contributed by atoms with Crippen molar-refractivity contribution >= 4 is 35.7 Å². The molecule has 0 radical (unpaired) electrons. The minimum atomic E-state index is -0.750. The van der Waals surface area contributed by atoms with Gasteiger partial charge in [0.05, 0.1) is 6.61 Å². The average molecular weight is 512 g/mol. The van der Waals surface area contributed by atoms with Crippen molar-refractivity contribution in [1.82, 2.24) is 5.32 Å². The first-order valence-corrected chi connectivity index (χ1v) is 12.5. The molecule has 190 valence electrons. The maximum absolute atomic E-state index is 14.9. The summed E-state index contributed by atoms with van der Waals surface area (Å²) in [5.74, 6) is -1.59. The third-order valence-electron chi connectivity index (χ3n) is 5.52. The van der Waals surface area contributed by atoms with Crippen molar-refractivity contribution in [3.05, 3.63) is 75.8 Å². The van der Waals surface area contributed by atoms with Crippen LogP contribution < -0.4 is 11.1 Å². The lowest BCUT2D eigenvalue weighted by molar-refractivity contribution is -0.335. The number of amidine groups is 1. The molecule has 2 aromatic rings. The first-order valence-electron chi connectivity index (χ1n) is 11.6. The number of ether oxygens (including phenoxy) is 1. The van der Waals surface area contributed by atoms with Gasteiger partial charge in [0.15, 0.2) is 11.6 Å². The van der Waals surface area contributed by atoms with Gasteiger partial charge in [0.25, 0.3) is 0 Å². The van der Waals surface area contributed by atoms with Crippen LogP contribution in [-0.2, 0) is 11.3 Å². The number of nitrogens with zero attached hydrogens (tertiary/aromatic N) is 3. The highest BCUT2D eigenvalue weighted by atomic mass is 32.2. The van der Waals surface area contributed by atoms with E-state index in [9.17, 15) is 9.30 Å². The predicted octanol–water partition coefficient (Wildman–Crippen LogP) is 4.93. The summed E-state index contributed by atoms with van der Waals surface area (Å²) in [7, 11) is 0. The molecule has 1 aliphatic rings. The van der Waals surface area contributed by atoms with Crippen molar-refractivity contribution < 1.29 is 13.9 Å². The van der Waals surface area contributed by atoms with Crippen molar-refractivity contribution in [3.8, 4) is 0 Å². The molecule has 0 aromatic heterocycles. The molecule has 36 heavy (non-hydrogen) atoms. The van der Waals surface area contributed by atoms with E-state index < -0.39 is 11.7 Å². The molecule has 2 aromatic carbocycles. The molecule has 1 fully saturated rings. The Hall–Kier alpha value is -3.21. The number of hydrogen-bond donors (Lipinski definition) is 3. The Morgan fingerprint density at radius 2 is 2.06 bits per heavy atom. The fourth-order valence-corrected chi connectivity index (χ4v) is 4.42. The number of nitroso groups, excluding NO2 is 1. The Bertz CT molecular complexity index is 1190. The van der Waals surface area contributed by atoms with Crippen LogP contribution in [0.2, 0.25) is 0 Å². The summed E-state index contributed by atoms with van der Waals surface area (Å²) in [6, 6.07) is 12.3. The molecule has 1 heterocycles. The average Bonchev–Trinajstić information content (AvgIpc) is 3.38. The molecular weight excluding hydrogens is 479 g/mol. The lowest BCUT2D eigenvalue weighted by atomic mass is 10.1. The standard InChI is InChI=1S/C26H32FN6O2S/c1-16(2)36-21-8-6-19(7-9-21)17(3)32-24(25(28)30-4)26(29)33(34)23-10-5-18(13-22(23)27)14-31-20-11-12-35-15-20/h5-10,13,16,20,29,31H,4,11-12,14-15,28H2,1-3H3/q+1. The quantitative estimate of drug-likeness (QED) is 0.181. The first kappa shape index (κ1) is 27.4. The fraction of sp³-hybridized carbons (Fsp3) is 0.346. The van der Waals surface area contributed by atoms with Crippen LogP contribution in [0.15, 0.2) is 68.9 Å². The summed E-state index contributed by atoms with van der Waals surface area (Å²) < 4.78 is 20.3. The van der Waals surface area contributed by atoms with Crippen molar-refractivity contribution in [1.29, 1.82) is 5.41 Å². The van der Waals surface area contributed by atoms with Crippen molar-refractivity contribution in [2.24, 2.45) is 15.7 Å².